The zero-order valence-electron chi connectivity index (χ0n) is 11.0. The quantitative estimate of drug-likeness (QED) is 0.901. The zero-order valence-corrected chi connectivity index (χ0v) is 12.6. The van der Waals surface area contributed by atoms with Gasteiger partial charge in [-0.25, -0.2) is 0 Å². The summed E-state index contributed by atoms with van der Waals surface area (Å²) in [5.74, 6) is 0.00125. The molecule has 0 aliphatic heterocycles. The van der Waals surface area contributed by atoms with Gasteiger partial charge in [0, 0.05) is 10.2 Å². The van der Waals surface area contributed by atoms with Crippen LogP contribution in [0.25, 0.3) is 0 Å². The highest BCUT2D eigenvalue weighted by Crippen LogP contribution is 2.19. The molecule has 0 spiro atoms. The van der Waals surface area contributed by atoms with Crippen LogP contribution in [-0.4, -0.2) is 5.91 Å². The summed E-state index contributed by atoms with van der Waals surface area (Å²) in [7, 11) is 0. The number of benzene rings is 2. The number of nitrogens with one attached hydrogen (secondary N) is 1. The lowest BCUT2D eigenvalue weighted by Gasteiger charge is -2.07. The van der Waals surface area contributed by atoms with Crippen LogP contribution >= 0.6 is 15.9 Å². The molecule has 19 heavy (non-hydrogen) atoms. The smallest absolute Gasteiger partial charge is 0.228 e. The average molecular weight is 318 g/mol. The lowest BCUT2D eigenvalue weighted by molar-refractivity contribution is -0.115. The van der Waals surface area contributed by atoms with Crippen molar-refractivity contribution in [1.29, 1.82) is 0 Å². The molecule has 3 heteroatoms. The van der Waals surface area contributed by atoms with E-state index in [0.29, 0.717) is 6.42 Å². The number of rotatable bonds is 3. The van der Waals surface area contributed by atoms with Crippen molar-refractivity contribution >= 4 is 27.5 Å². The molecule has 1 N–H and O–H groups in total. The molecule has 0 unspecified atom stereocenters. The highest BCUT2D eigenvalue weighted by molar-refractivity contribution is 9.10. The van der Waals surface area contributed by atoms with Crippen molar-refractivity contribution in [3.05, 3.63) is 63.6 Å². The van der Waals surface area contributed by atoms with Gasteiger partial charge in [-0.1, -0.05) is 45.8 Å². The maximum atomic E-state index is 12.0. The number of halogens is 1. The molecule has 98 valence electrons. The van der Waals surface area contributed by atoms with Gasteiger partial charge in [-0.2, -0.15) is 0 Å². The summed E-state index contributed by atoms with van der Waals surface area (Å²) >= 11 is 3.43. The molecule has 2 aromatic rings. The minimum absolute atomic E-state index is 0.00125. The second kappa shape index (κ2) is 6.02. The van der Waals surface area contributed by atoms with Crippen LogP contribution in [0.1, 0.15) is 16.7 Å². The largest absolute Gasteiger partial charge is 0.326 e. The van der Waals surface area contributed by atoms with Crippen molar-refractivity contribution in [2.24, 2.45) is 0 Å². The lowest BCUT2D eigenvalue weighted by Crippen LogP contribution is -2.14. The number of hydrogen-bond donors (Lipinski definition) is 1. The Bertz CT molecular complexity index is 570. The molecule has 0 bridgehead atoms. The van der Waals surface area contributed by atoms with E-state index in [1.54, 1.807) is 0 Å². The fourth-order valence-corrected chi connectivity index (χ4v) is 2.51. The predicted octanol–water partition coefficient (Wildman–Crippen LogP) is 4.25. The van der Waals surface area contributed by atoms with Crippen LogP contribution in [0.4, 0.5) is 5.69 Å². The second-order valence-electron chi connectivity index (χ2n) is 4.73. The van der Waals surface area contributed by atoms with Crippen molar-refractivity contribution in [3.63, 3.8) is 0 Å². The Morgan fingerprint density at radius 1 is 1.05 bits per heavy atom. The van der Waals surface area contributed by atoms with Gasteiger partial charge in [0.05, 0.1) is 6.42 Å². The van der Waals surface area contributed by atoms with Gasteiger partial charge in [0.2, 0.25) is 5.91 Å². The average Bonchev–Trinajstić information content (AvgIpc) is 2.30. The van der Waals surface area contributed by atoms with Crippen LogP contribution in [0.5, 0.6) is 0 Å². The third kappa shape index (κ3) is 4.21. The second-order valence-corrected chi connectivity index (χ2v) is 5.64. The highest BCUT2D eigenvalue weighted by atomic mass is 79.9. The highest BCUT2D eigenvalue weighted by Gasteiger charge is 2.05. The van der Waals surface area contributed by atoms with Crippen LogP contribution in [0, 0.1) is 13.8 Å². The van der Waals surface area contributed by atoms with Crippen LogP contribution in [0.3, 0.4) is 0 Å². The minimum atomic E-state index is 0.00125. The molecule has 2 aromatic carbocycles. The monoisotopic (exact) mass is 317 g/mol. The first-order valence-corrected chi connectivity index (χ1v) is 6.95. The Labute approximate surface area is 122 Å². The Kier molecular flexibility index (Phi) is 4.38. The van der Waals surface area contributed by atoms with Crippen LogP contribution in [0.15, 0.2) is 46.9 Å². The maximum Gasteiger partial charge on any atom is 0.228 e. The molecule has 0 atom stereocenters. The predicted molar refractivity (Wildman–Crippen MR) is 82.4 cm³/mol. The summed E-state index contributed by atoms with van der Waals surface area (Å²) in [6.45, 7) is 4.04. The summed E-state index contributed by atoms with van der Waals surface area (Å²) in [6, 6.07) is 13.9. The normalized spacial score (nSPS) is 10.3. The molecule has 0 saturated heterocycles. The molecular weight excluding hydrogens is 302 g/mol. The summed E-state index contributed by atoms with van der Waals surface area (Å²) < 4.78 is 0.970. The van der Waals surface area contributed by atoms with E-state index in [9.17, 15) is 4.79 Å². The van der Waals surface area contributed by atoms with E-state index in [2.05, 4.69) is 21.2 Å². The third-order valence-electron chi connectivity index (χ3n) is 2.81. The first-order chi connectivity index (χ1) is 9.02. The number of hydrogen-bond acceptors (Lipinski definition) is 1. The fraction of sp³-hybridized carbons (Fsp3) is 0.188. The zero-order chi connectivity index (χ0) is 13.8. The van der Waals surface area contributed by atoms with Crippen molar-refractivity contribution in [2.75, 3.05) is 5.32 Å². The maximum absolute atomic E-state index is 12.0. The minimum Gasteiger partial charge on any atom is -0.326 e. The number of amides is 1. The van der Waals surface area contributed by atoms with Crippen LogP contribution < -0.4 is 5.32 Å². The van der Waals surface area contributed by atoms with Crippen molar-refractivity contribution < 1.29 is 4.79 Å². The molecule has 2 rings (SSSR count). The Balaban J connectivity index is 2.03. The van der Waals surface area contributed by atoms with E-state index in [1.807, 2.05) is 56.3 Å². The molecule has 1 amide bonds. The van der Waals surface area contributed by atoms with Gasteiger partial charge in [-0.3, -0.25) is 4.79 Å². The van der Waals surface area contributed by atoms with Gasteiger partial charge in [0.1, 0.15) is 0 Å². The van der Waals surface area contributed by atoms with Crippen molar-refractivity contribution in [1.82, 2.24) is 0 Å². The van der Waals surface area contributed by atoms with E-state index in [1.165, 1.54) is 5.56 Å². The summed E-state index contributed by atoms with van der Waals surface area (Å²) in [5.41, 5.74) is 4.16. The van der Waals surface area contributed by atoms with Gasteiger partial charge in [-0.15, -0.1) is 0 Å². The summed E-state index contributed by atoms with van der Waals surface area (Å²) in [5, 5.41) is 2.92. The standard InChI is InChI=1S/C16H16BrNO/c1-11-3-5-13(6-4-11)9-16(19)18-15-8-12(2)7-14(17)10-15/h3-8,10H,9H2,1-2H3,(H,18,19). The molecular formula is C16H16BrNO. The third-order valence-corrected chi connectivity index (χ3v) is 3.27. The van der Waals surface area contributed by atoms with Gasteiger partial charge in [-0.05, 0) is 43.2 Å². The molecule has 0 heterocycles. The van der Waals surface area contributed by atoms with E-state index in [-0.39, 0.29) is 5.91 Å². The van der Waals surface area contributed by atoms with E-state index >= 15 is 0 Å². The fourth-order valence-electron chi connectivity index (χ4n) is 1.91. The SMILES string of the molecule is Cc1ccc(CC(=O)Nc2cc(C)cc(Br)c2)cc1. The van der Waals surface area contributed by atoms with E-state index in [0.717, 1.165) is 21.3 Å². The van der Waals surface area contributed by atoms with Crippen LogP contribution in [0.2, 0.25) is 0 Å². The molecule has 2 nitrogen and oxygen atoms in total. The Morgan fingerprint density at radius 2 is 1.74 bits per heavy atom. The number of aryl methyl sites for hydroxylation is 2. The topological polar surface area (TPSA) is 29.1 Å². The first-order valence-electron chi connectivity index (χ1n) is 6.15. The number of anilines is 1. The molecule has 0 aliphatic rings. The molecule has 0 fully saturated rings. The van der Waals surface area contributed by atoms with Gasteiger partial charge < -0.3 is 5.32 Å². The van der Waals surface area contributed by atoms with E-state index in [4.69, 9.17) is 0 Å². The van der Waals surface area contributed by atoms with Crippen molar-refractivity contribution in [3.8, 4) is 0 Å². The Hall–Kier alpha value is -1.61. The van der Waals surface area contributed by atoms with Gasteiger partial charge >= 0.3 is 0 Å². The number of carbonyl (C=O) groups is 1. The molecule has 0 radical (unpaired) electrons. The summed E-state index contributed by atoms with van der Waals surface area (Å²) in [4.78, 5) is 12.0. The van der Waals surface area contributed by atoms with Crippen molar-refractivity contribution in [2.45, 2.75) is 20.3 Å². The Morgan fingerprint density at radius 3 is 2.37 bits per heavy atom. The molecule has 0 aromatic heterocycles. The van der Waals surface area contributed by atoms with Gasteiger partial charge in [0.15, 0.2) is 0 Å². The van der Waals surface area contributed by atoms with E-state index < -0.39 is 0 Å². The van der Waals surface area contributed by atoms with Crippen LogP contribution in [-0.2, 0) is 11.2 Å². The number of carbonyl (C=O) groups excluding carboxylic acids is 1. The molecule has 0 saturated carbocycles. The van der Waals surface area contributed by atoms with Gasteiger partial charge in [0.25, 0.3) is 0 Å². The molecule has 0 aliphatic carbocycles. The summed E-state index contributed by atoms with van der Waals surface area (Å²) in [6.07, 6.45) is 0.395. The lowest BCUT2D eigenvalue weighted by atomic mass is 10.1. The first kappa shape index (κ1) is 13.8.